The van der Waals surface area contributed by atoms with Gasteiger partial charge in [0.2, 0.25) is 5.82 Å². The molecule has 3 N–H and O–H groups in total. The molecule has 0 aliphatic carbocycles. The van der Waals surface area contributed by atoms with E-state index in [1.54, 1.807) is 0 Å². The van der Waals surface area contributed by atoms with Crippen molar-refractivity contribution in [2.75, 3.05) is 6.61 Å². The fourth-order valence-corrected chi connectivity index (χ4v) is 2.65. The third-order valence-corrected chi connectivity index (χ3v) is 4.34. The number of aromatic amines is 1. The van der Waals surface area contributed by atoms with E-state index in [1.165, 1.54) is 24.3 Å². The first-order valence-corrected chi connectivity index (χ1v) is 8.81. The lowest BCUT2D eigenvalue weighted by Crippen LogP contribution is -2.54. The topological polar surface area (TPSA) is 93.9 Å². The monoisotopic (exact) mass is 480 g/mol. The second-order valence-corrected chi connectivity index (χ2v) is 6.63. The van der Waals surface area contributed by atoms with E-state index in [0.29, 0.717) is 0 Å². The largest absolute Gasteiger partial charge is 0.486 e. The average Bonchev–Trinajstić information content (AvgIpc) is 3.23. The van der Waals surface area contributed by atoms with Crippen LogP contribution < -0.4 is 10.5 Å². The van der Waals surface area contributed by atoms with Crippen LogP contribution in [-0.2, 0) is 0 Å². The van der Waals surface area contributed by atoms with E-state index in [9.17, 15) is 39.9 Å². The summed E-state index contributed by atoms with van der Waals surface area (Å²) in [4.78, 5) is 14.9. The molecule has 3 rings (SSSR count). The SMILES string of the molecule is NC(=O)c1nc(-c2ccc(F)c(-c3ccccc3OCC(F)(F)C(F)(F)C(F)(F)F)c2)n[nH]1. The van der Waals surface area contributed by atoms with Crippen LogP contribution in [0.2, 0.25) is 0 Å². The average molecular weight is 480 g/mol. The summed E-state index contributed by atoms with van der Waals surface area (Å²) in [6.07, 6.45) is -6.51. The lowest BCUT2D eigenvalue weighted by molar-refractivity contribution is -0.358. The number of carbonyl (C=O) groups excluding carboxylic acids is 1. The third kappa shape index (κ3) is 4.59. The number of hydrogen-bond acceptors (Lipinski definition) is 4. The Morgan fingerprint density at radius 3 is 2.27 bits per heavy atom. The quantitative estimate of drug-likeness (QED) is 0.484. The molecule has 0 saturated heterocycles. The predicted octanol–water partition coefficient (Wildman–Crippen LogP) is 4.59. The summed E-state index contributed by atoms with van der Waals surface area (Å²) < 4.78 is 110. The molecule has 2 aromatic carbocycles. The van der Waals surface area contributed by atoms with Gasteiger partial charge in [-0.2, -0.15) is 35.8 Å². The van der Waals surface area contributed by atoms with Crippen molar-refractivity contribution in [2.24, 2.45) is 5.73 Å². The number of ether oxygens (including phenoxy) is 1. The smallest absolute Gasteiger partial charge is 0.460 e. The Hall–Kier alpha value is -3.71. The van der Waals surface area contributed by atoms with E-state index in [2.05, 4.69) is 19.9 Å². The molecule has 0 saturated carbocycles. The molecule has 0 aliphatic rings. The molecule has 0 fully saturated rings. The number of amides is 1. The van der Waals surface area contributed by atoms with Crippen LogP contribution in [0.5, 0.6) is 5.75 Å². The zero-order valence-corrected chi connectivity index (χ0v) is 16.1. The maximum Gasteiger partial charge on any atom is 0.460 e. The van der Waals surface area contributed by atoms with Gasteiger partial charge in [-0.1, -0.05) is 18.2 Å². The number of carbonyl (C=O) groups is 1. The summed E-state index contributed by atoms with van der Waals surface area (Å²) in [7, 11) is 0. The fraction of sp³-hybridized carbons (Fsp3) is 0.211. The van der Waals surface area contributed by atoms with Gasteiger partial charge in [0.25, 0.3) is 5.91 Å². The van der Waals surface area contributed by atoms with Gasteiger partial charge < -0.3 is 10.5 Å². The summed E-state index contributed by atoms with van der Waals surface area (Å²) in [5, 5.41) is 5.99. The molecular formula is C19H12F8N4O2. The number of rotatable bonds is 7. The number of halogens is 8. The second-order valence-electron chi connectivity index (χ2n) is 6.63. The molecule has 0 aliphatic heterocycles. The summed E-state index contributed by atoms with van der Waals surface area (Å²) in [6.45, 7) is -2.33. The molecular weight excluding hydrogens is 468 g/mol. The molecule has 0 atom stereocenters. The van der Waals surface area contributed by atoms with Crippen molar-refractivity contribution in [1.29, 1.82) is 0 Å². The van der Waals surface area contributed by atoms with Gasteiger partial charge in [0.1, 0.15) is 11.6 Å². The maximum atomic E-state index is 14.5. The van der Waals surface area contributed by atoms with Gasteiger partial charge in [-0.25, -0.2) is 9.37 Å². The molecule has 0 bridgehead atoms. The van der Waals surface area contributed by atoms with Gasteiger partial charge in [-0.05, 0) is 24.3 Å². The summed E-state index contributed by atoms with van der Waals surface area (Å²) in [5.41, 5.74) is 4.68. The van der Waals surface area contributed by atoms with Gasteiger partial charge >= 0.3 is 18.0 Å². The van der Waals surface area contributed by atoms with Crippen LogP contribution in [0.4, 0.5) is 35.1 Å². The third-order valence-electron chi connectivity index (χ3n) is 4.34. The molecule has 33 heavy (non-hydrogen) atoms. The van der Waals surface area contributed by atoms with Crippen molar-refractivity contribution in [3.63, 3.8) is 0 Å². The van der Waals surface area contributed by atoms with E-state index in [4.69, 9.17) is 5.73 Å². The van der Waals surface area contributed by atoms with E-state index >= 15 is 0 Å². The number of hydrogen-bond donors (Lipinski definition) is 2. The van der Waals surface area contributed by atoms with E-state index in [-0.39, 0.29) is 28.3 Å². The van der Waals surface area contributed by atoms with Crippen LogP contribution in [0.3, 0.4) is 0 Å². The normalized spacial score (nSPS) is 12.6. The van der Waals surface area contributed by atoms with Gasteiger partial charge in [0.15, 0.2) is 12.4 Å². The number of para-hydroxylation sites is 1. The number of nitrogens with zero attached hydrogens (tertiary/aromatic N) is 2. The highest BCUT2D eigenvalue weighted by molar-refractivity contribution is 5.89. The summed E-state index contributed by atoms with van der Waals surface area (Å²) in [6, 6.07) is 7.99. The molecule has 0 spiro atoms. The molecule has 0 radical (unpaired) electrons. The van der Waals surface area contributed by atoms with Crippen molar-refractivity contribution in [2.45, 2.75) is 18.0 Å². The van der Waals surface area contributed by atoms with Crippen LogP contribution >= 0.6 is 0 Å². The lowest BCUT2D eigenvalue weighted by Gasteiger charge is -2.28. The van der Waals surface area contributed by atoms with Crippen LogP contribution in [-0.4, -0.2) is 45.7 Å². The van der Waals surface area contributed by atoms with Gasteiger partial charge in [0.05, 0.1) is 0 Å². The molecule has 0 unspecified atom stereocenters. The predicted molar refractivity (Wildman–Crippen MR) is 97.2 cm³/mol. The van der Waals surface area contributed by atoms with Crippen LogP contribution in [0, 0.1) is 5.82 Å². The zero-order chi connectivity index (χ0) is 24.6. The zero-order valence-electron chi connectivity index (χ0n) is 16.1. The number of primary amides is 1. The van der Waals surface area contributed by atoms with Crippen molar-refractivity contribution < 1.29 is 44.7 Å². The molecule has 1 heterocycles. The van der Waals surface area contributed by atoms with E-state index in [0.717, 1.165) is 18.2 Å². The fourth-order valence-electron chi connectivity index (χ4n) is 2.65. The second kappa shape index (κ2) is 8.33. The molecule has 14 heteroatoms. The first-order valence-electron chi connectivity index (χ1n) is 8.81. The Morgan fingerprint density at radius 1 is 1.00 bits per heavy atom. The Morgan fingerprint density at radius 2 is 1.67 bits per heavy atom. The lowest BCUT2D eigenvalue weighted by atomic mass is 10.0. The van der Waals surface area contributed by atoms with E-state index < -0.39 is 42.1 Å². The number of nitrogens with one attached hydrogen (secondary N) is 1. The number of aromatic nitrogens is 3. The van der Waals surface area contributed by atoms with Gasteiger partial charge in [-0.15, -0.1) is 0 Å². The summed E-state index contributed by atoms with van der Waals surface area (Å²) >= 11 is 0. The van der Waals surface area contributed by atoms with Gasteiger partial charge in [0, 0.05) is 16.7 Å². The first kappa shape index (κ1) is 23.9. The van der Waals surface area contributed by atoms with Crippen molar-refractivity contribution in [3.05, 3.63) is 54.1 Å². The Bertz CT molecular complexity index is 1180. The van der Waals surface area contributed by atoms with Gasteiger partial charge in [-0.3, -0.25) is 9.89 Å². The number of nitrogens with two attached hydrogens (primary N) is 1. The van der Waals surface area contributed by atoms with Crippen LogP contribution in [0.15, 0.2) is 42.5 Å². The maximum absolute atomic E-state index is 14.5. The molecule has 3 aromatic rings. The summed E-state index contributed by atoms with van der Waals surface area (Å²) in [5.74, 6) is -14.8. The highest BCUT2D eigenvalue weighted by Gasteiger charge is 2.73. The van der Waals surface area contributed by atoms with Crippen LogP contribution in [0.25, 0.3) is 22.5 Å². The standard InChI is InChI=1S/C19H12F8N4O2/c20-12-6-5-9(15-29-16(14(28)32)31-30-15)7-11(12)10-3-1-2-4-13(10)33-8-17(21,22)18(23,24)19(25,26)27/h1-7H,8H2,(H2,28,32)(H,29,30,31). The number of H-pyrrole nitrogens is 1. The highest BCUT2D eigenvalue weighted by Crippen LogP contribution is 2.47. The van der Waals surface area contributed by atoms with Crippen molar-refractivity contribution in [3.8, 4) is 28.3 Å². The van der Waals surface area contributed by atoms with Crippen molar-refractivity contribution >= 4 is 5.91 Å². The van der Waals surface area contributed by atoms with Crippen molar-refractivity contribution in [1.82, 2.24) is 15.2 Å². The minimum atomic E-state index is -6.51. The number of benzene rings is 2. The van der Waals surface area contributed by atoms with E-state index in [1.807, 2.05) is 0 Å². The molecule has 1 aromatic heterocycles. The molecule has 1 amide bonds. The van der Waals surface area contributed by atoms with Crippen LogP contribution in [0.1, 0.15) is 10.6 Å². The number of alkyl halides is 7. The first-order chi connectivity index (χ1) is 15.2. The minimum Gasteiger partial charge on any atom is -0.486 e. The Labute approximate surface area is 179 Å². The molecule has 6 nitrogen and oxygen atoms in total. The molecule has 176 valence electrons. The Balaban J connectivity index is 1.95. The Kier molecular flexibility index (Phi) is 6.04. The minimum absolute atomic E-state index is 0.0835. The highest BCUT2D eigenvalue weighted by atomic mass is 19.4.